The number of sulfonamides is 1. The lowest BCUT2D eigenvalue weighted by Gasteiger charge is -2.09. The van der Waals surface area contributed by atoms with Gasteiger partial charge in [-0.25, -0.2) is 17.5 Å². The van der Waals surface area contributed by atoms with E-state index in [1.165, 1.54) is 6.07 Å². The van der Waals surface area contributed by atoms with Crippen molar-refractivity contribution in [3.63, 3.8) is 0 Å². The maximum Gasteiger partial charge on any atom is 0.241 e. The molecule has 1 aromatic carbocycles. The normalized spacial score (nSPS) is 20.9. The molecule has 0 aromatic heterocycles. The van der Waals surface area contributed by atoms with Crippen LogP contribution in [0.25, 0.3) is 0 Å². The third-order valence-corrected chi connectivity index (χ3v) is 7.38. The van der Waals surface area contributed by atoms with Gasteiger partial charge in [-0.05, 0) is 50.9 Å². The van der Waals surface area contributed by atoms with Crippen molar-refractivity contribution in [1.29, 1.82) is 0 Å². The number of hydrogen-bond donors (Lipinski definition) is 1. The Morgan fingerprint density at radius 1 is 1.25 bits per heavy atom. The molecule has 0 saturated heterocycles. The molecule has 2 rings (SSSR count). The molecular formula is C14H19BrFNO2S. The van der Waals surface area contributed by atoms with Crippen molar-refractivity contribution in [3.05, 3.63) is 28.5 Å². The number of hydrogen-bond acceptors (Lipinski definition) is 2. The molecule has 0 atom stereocenters. The molecule has 0 aliphatic heterocycles. The second-order valence-electron chi connectivity index (χ2n) is 6.42. The molecule has 1 aromatic rings. The molecule has 112 valence electrons. The Morgan fingerprint density at radius 2 is 1.80 bits per heavy atom. The number of halogens is 2. The first-order valence-electron chi connectivity index (χ1n) is 6.45. The summed E-state index contributed by atoms with van der Waals surface area (Å²) in [5.74, 6) is -0.177. The van der Waals surface area contributed by atoms with Gasteiger partial charge in [-0.2, -0.15) is 0 Å². The second kappa shape index (κ2) is 4.78. The lowest BCUT2D eigenvalue weighted by atomic mass is 10.0. The van der Waals surface area contributed by atoms with Crippen molar-refractivity contribution in [2.75, 3.05) is 6.54 Å². The Kier molecular flexibility index (Phi) is 3.81. The van der Waals surface area contributed by atoms with Crippen LogP contribution in [0.2, 0.25) is 0 Å². The van der Waals surface area contributed by atoms with Gasteiger partial charge in [-0.3, -0.25) is 0 Å². The zero-order valence-corrected chi connectivity index (χ0v) is 14.4. The van der Waals surface area contributed by atoms with E-state index >= 15 is 0 Å². The number of rotatable bonds is 4. The van der Waals surface area contributed by atoms with Gasteiger partial charge in [0.1, 0.15) is 5.82 Å². The molecule has 0 heterocycles. The van der Waals surface area contributed by atoms with E-state index in [2.05, 4.69) is 48.3 Å². The van der Waals surface area contributed by atoms with E-state index in [-0.39, 0.29) is 20.2 Å². The van der Waals surface area contributed by atoms with E-state index in [1.807, 2.05) is 0 Å². The van der Waals surface area contributed by atoms with Crippen molar-refractivity contribution in [1.82, 2.24) is 4.72 Å². The summed E-state index contributed by atoms with van der Waals surface area (Å²) < 4.78 is 40.4. The fraction of sp³-hybridized carbons (Fsp3) is 0.571. The highest BCUT2D eigenvalue weighted by atomic mass is 79.9. The van der Waals surface area contributed by atoms with Gasteiger partial charge in [0.15, 0.2) is 0 Å². The zero-order chi connectivity index (χ0) is 15.3. The molecule has 0 bridgehead atoms. The predicted molar refractivity (Wildman–Crippen MR) is 80.3 cm³/mol. The first kappa shape index (κ1) is 15.9. The molecule has 1 aliphatic rings. The fourth-order valence-corrected chi connectivity index (χ4v) is 4.90. The molecule has 0 radical (unpaired) electrons. The molecule has 1 aliphatic carbocycles. The minimum atomic E-state index is -3.63. The van der Waals surface area contributed by atoms with Crippen LogP contribution >= 0.6 is 15.9 Å². The van der Waals surface area contributed by atoms with Crippen LogP contribution in [0.15, 0.2) is 27.6 Å². The Labute approximate surface area is 128 Å². The van der Waals surface area contributed by atoms with Crippen molar-refractivity contribution in [2.45, 2.75) is 32.6 Å². The van der Waals surface area contributed by atoms with Gasteiger partial charge < -0.3 is 0 Å². The standard InChI is InChI=1S/C14H19BrFNO2S/c1-13(2)12(14(13,3)4)8-17-20(18,19)11-6-5-9(16)7-10(11)15/h5-7,12,17H,8H2,1-4H3. The first-order valence-corrected chi connectivity index (χ1v) is 8.72. The molecule has 0 spiro atoms. The molecular weight excluding hydrogens is 345 g/mol. The topological polar surface area (TPSA) is 46.2 Å². The van der Waals surface area contributed by atoms with Crippen LogP contribution in [0.5, 0.6) is 0 Å². The molecule has 3 nitrogen and oxygen atoms in total. The smallest absolute Gasteiger partial charge is 0.211 e. The van der Waals surface area contributed by atoms with E-state index in [9.17, 15) is 12.8 Å². The number of benzene rings is 1. The first-order chi connectivity index (χ1) is 9.00. The van der Waals surface area contributed by atoms with Crippen molar-refractivity contribution >= 4 is 26.0 Å². The summed E-state index contributed by atoms with van der Waals surface area (Å²) in [5.41, 5.74) is 0.241. The monoisotopic (exact) mass is 363 g/mol. The fourth-order valence-electron chi connectivity index (χ4n) is 2.81. The zero-order valence-electron chi connectivity index (χ0n) is 12.0. The van der Waals surface area contributed by atoms with E-state index in [0.29, 0.717) is 12.5 Å². The van der Waals surface area contributed by atoms with E-state index < -0.39 is 15.8 Å². The second-order valence-corrected chi connectivity index (χ2v) is 9.01. The van der Waals surface area contributed by atoms with E-state index in [1.54, 1.807) is 0 Å². The van der Waals surface area contributed by atoms with Crippen molar-refractivity contribution < 1.29 is 12.8 Å². The summed E-state index contributed by atoms with van der Waals surface area (Å²) in [6, 6.07) is 3.56. The highest BCUT2D eigenvalue weighted by Gasteiger charge is 2.64. The SMILES string of the molecule is CC1(C)C(CNS(=O)(=O)c2ccc(F)cc2Br)C1(C)C. The molecule has 6 heteroatoms. The summed E-state index contributed by atoms with van der Waals surface area (Å²) in [6.45, 7) is 8.95. The van der Waals surface area contributed by atoms with Gasteiger partial charge in [0.05, 0.1) is 4.90 Å². The maximum atomic E-state index is 13.0. The average Bonchev–Trinajstić information content (AvgIpc) is 2.66. The van der Waals surface area contributed by atoms with Gasteiger partial charge in [0.25, 0.3) is 0 Å². The largest absolute Gasteiger partial charge is 0.241 e. The Morgan fingerprint density at radius 3 is 2.25 bits per heavy atom. The molecule has 1 fully saturated rings. The van der Waals surface area contributed by atoms with Crippen LogP contribution in [0.1, 0.15) is 27.7 Å². The van der Waals surface area contributed by atoms with Crippen LogP contribution in [-0.2, 0) is 10.0 Å². The predicted octanol–water partition coefficient (Wildman–Crippen LogP) is 3.55. The summed E-state index contributed by atoms with van der Waals surface area (Å²) >= 11 is 3.09. The lowest BCUT2D eigenvalue weighted by Crippen LogP contribution is -2.27. The maximum absolute atomic E-state index is 13.0. The lowest BCUT2D eigenvalue weighted by molar-refractivity contribution is 0.457. The van der Waals surface area contributed by atoms with Crippen LogP contribution in [-0.4, -0.2) is 15.0 Å². The summed E-state index contributed by atoms with van der Waals surface area (Å²) in [7, 11) is -3.63. The quantitative estimate of drug-likeness (QED) is 0.888. The van der Waals surface area contributed by atoms with E-state index in [0.717, 1.165) is 12.1 Å². The third-order valence-electron chi connectivity index (χ3n) is 4.98. The average molecular weight is 364 g/mol. The Bertz CT molecular complexity index is 627. The molecule has 1 saturated carbocycles. The van der Waals surface area contributed by atoms with Gasteiger partial charge in [-0.1, -0.05) is 27.7 Å². The summed E-state index contributed by atoms with van der Waals surface area (Å²) in [5, 5.41) is 0. The van der Waals surface area contributed by atoms with Crippen LogP contribution in [0, 0.1) is 22.6 Å². The molecule has 20 heavy (non-hydrogen) atoms. The molecule has 0 unspecified atom stereocenters. The minimum absolute atomic E-state index is 0.0650. The summed E-state index contributed by atoms with van der Waals surface area (Å²) in [6.07, 6.45) is 0. The Hall–Kier alpha value is -0.460. The van der Waals surface area contributed by atoms with Crippen LogP contribution in [0.3, 0.4) is 0 Å². The van der Waals surface area contributed by atoms with Gasteiger partial charge >= 0.3 is 0 Å². The van der Waals surface area contributed by atoms with Crippen molar-refractivity contribution in [2.24, 2.45) is 16.7 Å². The number of nitrogens with one attached hydrogen (secondary N) is 1. The minimum Gasteiger partial charge on any atom is -0.211 e. The van der Waals surface area contributed by atoms with Crippen molar-refractivity contribution in [3.8, 4) is 0 Å². The highest BCUT2D eigenvalue weighted by Crippen LogP contribution is 2.67. The van der Waals surface area contributed by atoms with Gasteiger partial charge in [-0.15, -0.1) is 0 Å². The van der Waals surface area contributed by atoms with Crippen LogP contribution < -0.4 is 4.72 Å². The van der Waals surface area contributed by atoms with Gasteiger partial charge in [0, 0.05) is 11.0 Å². The summed E-state index contributed by atoms with van der Waals surface area (Å²) in [4.78, 5) is 0.0650. The molecule has 0 amide bonds. The Balaban J connectivity index is 2.14. The molecule has 1 N–H and O–H groups in total. The van der Waals surface area contributed by atoms with Gasteiger partial charge in [0.2, 0.25) is 10.0 Å². The third kappa shape index (κ3) is 2.53. The van der Waals surface area contributed by atoms with E-state index in [4.69, 9.17) is 0 Å². The van der Waals surface area contributed by atoms with Crippen LogP contribution in [0.4, 0.5) is 4.39 Å². The highest BCUT2D eigenvalue weighted by molar-refractivity contribution is 9.10.